The average Bonchev–Trinajstić information content (AvgIpc) is 3.27. The second-order valence-electron chi connectivity index (χ2n) is 8.66. The Hall–Kier alpha value is -3.26. The van der Waals surface area contributed by atoms with E-state index in [1.165, 1.54) is 13.2 Å². The molecule has 1 aromatic carbocycles. The van der Waals surface area contributed by atoms with Gasteiger partial charge in [-0.1, -0.05) is 0 Å². The highest BCUT2D eigenvalue weighted by atomic mass is 16.5. The highest BCUT2D eigenvalue weighted by Crippen LogP contribution is 2.38. The number of pyridine rings is 1. The first-order chi connectivity index (χ1) is 15.2. The van der Waals surface area contributed by atoms with Gasteiger partial charge >= 0.3 is 5.97 Å². The van der Waals surface area contributed by atoms with E-state index in [1.54, 1.807) is 13.3 Å². The Morgan fingerprint density at radius 2 is 1.81 bits per heavy atom. The molecule has 0 atom stereocenters. The van der Waals surface area contributed by atoms with Gasteiger partial charge in [0.05, 0.1) is 26.5 Å². The van der Waals surface area contributed by atoms with Crippen molar-refractivity contribution in [2.45, 2.75) is 46.3 Å². The minimum atomic E-state index is -0.636. The van der Waals surface area contributed by atoms with Crippen molar-refractivity contribution in [2.24, 2.45) is 0 Å². The van der Waals surface area contributed by atoms with Crippen LogP contribution in [0.15, 0.2) is 35.4 Å². The van der Waals surface area contributed by atoms with Crippen molar-refractivity contribution >= 4 is 11.5 Å². The smallest absolute Gasteiger partial charge is 0.343 e. The van der Waals surface area contributed by atoms with Gasteiger partial charge in [-0.2, -0.15) is 0 Å². The van der Waals surface area contributed by atoms with Crippen molar-refractivity contribution in [1.82, 2.24) is 15.1 Å². The average molecular weight is 439 g/mol. The van der Waals surface area contributed by atoms with E-state index in [0.29, 0.717) is 12.6 Å². The number of aromatic nitrogens is 1. The zero-order valence-electron chi connectivity index (χ0n) is 19.4. The summed E-state index contributed by atoms with van der Waals surface area (Å²) in [5, 5.41) is 4.22. The maximum absolute atomic E-state index is 12.7. The van der Waals surface area contributed by atoms with Crippen molar-refractivity contribution in [3.63, 3.8) is 0 Å². The van der Waals surface area contributed by atoms with Crippen molar-refractivity contribution in [2.75, 3.05) is 25.8 Å². The molecule has 4 rings (SSSR count). The number of hydrogen-bond acceptors (Lipinski definition) is 7. The lowest BCUT2D eigenvalue weighted by Crippen LogP contribution is -2.44. The number of esters is 1. The van der Waals surface area contributed by atoms with Gasteiger partial charge in [0.15, 0.2) is 5.43 Å². The van der Waals surface area contributed by atoms with Gasteiger partial charge in [-0.25, -0.2) is 10.2 Å². The fourth-order valence-electron chi connectivity index (χ4n) is 4.23. The molecule has 2 aromatic rings. The predicted octanol–water partition coefficient (Wildman–Crippen LogP) is 2.74. The molecule has 0 amide bonds. The van der Waals surface area contributed by atoms with E-state index < -0.39 is 5.97 Å². The molecule has 8 heteroatoms. The summed E-state index contributed by atoms with van der Waals surface area (Å²) in [6.45, 7) is 9.79. The van der Waals surface area contributed by atoms with Crippen molar-refractivity contribution in [3.05, 3.63) is 57.5 Å². The molecule has 8 nitrogen and oxygen atoms in total. The van der Waals surface area contributed by atoms with Crippen LogP contribution in [0.1, 0.15) is 49.2 Å². The quantitative estimate of drug-likeness (QED) is 0.720. The fourth-order valence-corrected chi connectivity index (χ4v) is 4.23. The van der Waals surface area contributed by atoms with Crippen LogP contribution in [-0.4, -0.2) is 48.5 Å². The molecule has 1 N–H and O–H groups in total. The van der Waals surface area contributed by atoms with Gasteiger partial charge in [-0.15, -0.1) is 0 Å². The molecule has 0 saturated heterocycles. The van der Waals surface area contributed by atoms with Gasteiger partial charge in [0.25, 0.3) is 0 Å². The van der Waals surface area contributed by atoms with E-state index in [2.05, 4.69) is 55.4 Å². The van der Waals surface area contributed by atoms with E-state index in [1.807, 2.05) is 10.7 Å². The lowest BCUT2D eigenvalue weighted by Gasteiger charge is -2.38. The number of ether oxygens (including phenoxy) is 2. The second kappa shape index (κ2) is 8.35. The molecule has 0 spiro atoms. The molecule has 170 valence electrons. The highest BCUT2D eigenvalue weighted by Gasteiger charge is 2.28. The maximum atomic E-state index is 12.7. The Morgan fingerprint density at radius 3 is 2.41 bits per heavy atom. The molecule has 0 radical (unpaired) electrons. The summed E-state index contributed by atoms with van der Waals surface area (Å²) >= 11 is 0. The first kappa shape index (κ1) is 22.0. The Balaban J connectivity index is 1.89. The molecule has 0 saturated carbocycles. The maximum Gasteiger partial charge on any atom is 0.343 e. The van der Waals surface area contributed by atoms with Gasteiger partial charge in [0, 0.05) is 48.2 Å². The Morgan fingerprint density at radius 1 is 1.06 bits per heavy atom. The van der Waals surface area contributed by atoms with Crippen LogP contribution in [-0.2, 0) is 11.3 Å². The summed E-state index contributed by atoms with van der Waals surface area (Å²) in [6.07, 6.45) is 3.70. The van der Waals surface area contributed by atoms with Crippen molar-refractivity contribution in [1.29, 1.82) is 0 Å². The Labute approximate surface area is 188 Å². The molecule has 32 heavy (non-hydrogen) atoms. The van der Waals surface area contributed by atoms with Crippen LogP contribution >= 0.6 is 0 Å². The van der Waals surface area contributed by atoms with Crippen LogP contribution in [0.4, 0.5) is 0 Å². The van der Waals surface area contributed by atoms with Gasteiger partial charge in [-0.05, 0) is 51.0 Å². The van der Waals surface area contributed by atoms with Crippen LogP contribution < -0.4 is 20.6 Å². The number of carbonyl (C=O) groups excluding carboxylic acids is 1. The van der Waals surface area contributed by atoms with Crippen molar-refractivity contribution < 1.29 is 14.3 Å². The van der Waals surface area contributed by atoms with Crippen LogP contribution in [0.25, 0.3) is 16.8 Å². The summed E-state index contributed by atoms with van der Waals surface area (Å²) in [4.78, 5) is 24.8. The van der Waals surface area contributed by atoms with Crippen LogP contribution in [0.5, 0.6) is 5.75 Å². The van der Waals surface area contributed by atoms with E-state index in [0.717, 1.165) is 40.3 Å². The highest BCUT2D eigenvalue weighted by molar-refractivity contribution is 5.89. The normalized spacial score (nSPS) is 15.1. The summed E-state index contributed by atoms with van der Waals surface area (Å²) in [6, 6.07) is 6.14. The first-order valence-corrected chi connectivity index (χ1v) is 10.8. The monoisotopic (exact) mass is 438 g/mol. The van der Waals surface area contributed by atoms with Gasteiger partial charge < -0.3 is 19.5 Å². The number of rotatable bonds is 5. The third-order valence-electron chi connectivity index (χ3n) is 5.99. The van der Waals surface area contributed by atoms with Gasteiger partial charge in [-0.3, -0.25) is 9.47 Å². The Kier molecular flexibility index (Phi) is 5.73. The number of hydrogen-bond donors (Lipinski definition) is 1. The second-order valence-corrected chi connectivity index (χ2v) is 8.66. The molecular weight excluding hydrogens is 408 g/mol. The summed E-state index contributed by atoms with van der Waals surface area (Å²) in [7, 11) is 2.94. The molecule has 0 aliphatic carbocycles. The van der Waals surface area contributed by atoms with Crippen LogP contribution in [0.3, 0.4) is 0 Å². The topological polar surface area (TPSA) is 76.0 Å². The third kappa shape index (κ3) is 3.64. The predicted molar refractivity (Wildman–Crippen MR) is 124 cm³/mol. The molecule has 0 bridgehead atoms. The summed E-state index contributed by atoms with van der Waals surface area (Å²) in [5.74, 6) is 0.111. The zero-order valence-corrected chi connectivity index (χ0v) is 19.4. The van der Waals surface area contributed by atoms with E-state index in [-0.39, 0.29) is 17.0 Å². The van der Waals surface area contributed by atoms with E-state index in [4.69, 9.17) is 9.47 Å². The number of carbonyl (C=O) groups is 1. The minimum Gasteiger partial charge on any atom is -0.496 e. The molecule has 2 aliphatic rings. The largest absolute Gasteiger partial charge is 0.496 e. The van der Waals surface area contributed by atoms with Crippen LogP contribution in [0.2, 0.25) is 0 Å². The molecule has 0 unspecified atom stereocenters. The van der Waals surface area contributed by atoms with Gasteiger partial charge in [0.2, 0.25) is 0 Å². The van der Waals surface area contributed by atoms with E-state index >= 15 is 0 Å². The molecule has 3 heterocycles. The lowest BCUT2D eigenvalue weighted by molar-refractivity contribution is 0.0598. The summed E-state index contributed by atoms with van der Waals surface area (Å²) < 4.78 is 12.4. The first-order valence-electron chi connectivity index (χ1n) is 10.8. The fraction of sp³-hybridized carbons (Fsp3) is 0.417. The molecular formula is C24H30N4O4. The van der Waals surface area contributed by atoms with Crippen molar-refractivity contribution in [3.8, 4) is 17.0 Å². The number of nitrogens with one attached hydrogen (secondary N) is 1. The van der Waals surface area contributed by atoms with Crippen LogP contribution in [0, 0.1) is 0 Å². The number of fused-ring (bicyclic) bond motifs is 3. The lowest BCUT2D eigenvalue weighted by atomic mass is 9.94. The Bertz CT molecular complexity index is 1150. The third-order valence-corrected chi connectivity index (χ3v) is 5.99. The number of methoxy groups -OCH3 is 2. The van der Waals surface area contributed by atoms with E-state index in [9.17, 15) is 9.59 Å². The van der Waals surface area contributed by atoms with Gasteiger partial charge in [0.1, 0.15) is 11.3 Å². The molecule has 1 aromatic heterocycles. The summed E-state index contributed by atoms with van der Waals surface area (Å²) in [5.41, 5.74) is 7.98. The number of benzene rings is 1. The molecule has 0 fully saturated rings. The minimum absolute atomic E-state index is 0.0184. The standard InChI is InChI=1S/C24H30N4O4/c1-14(2)26-11-17(10-25-26)19-7-16-12-27(15(3)4)28-13-20(24(30)32-6)22(29)9-21(28)18(16)8-23(19)31-5/h7-9,11,13-15,25H,10,12H2,1-6H3. The number of nitrogens with zero attached hydrogens (tertiary/aromatic N) is 3. The number of hydrazine groups is 1. The molecule has 2 aliphatic heterocycles. The zero-order chi connectivity index (χ0) is 23.2. The SMILES string of the molecule is COC(=O)c1cn2c(cc1=O)-c1cc(OC)c(C3=CN(C(C)C)NC3)cc1CN2C(C)C.